The first-order valence-corrected chi connectivity index (χ1v) is 9.94. The maximum absolute atomic E-state index is 13.5. The molecule has 0 aliphatic carbocycles. The summed E-state index contributed by atoms with van der Waals surface area (Å²) in [6.07, 6.45) is 4.09. The molecular weight excluding hydrogens is 309 g/mol. The summed E-state index contributed by atoms with van der Waals surface area (Å²) in [5.41, 5.74) is 0.241. The van der Waals surface area contributed by atoms with Gasteiger partial charge < -0.3 is 8.85 Å². The molecule has 0 atom stereocenters. The van der Waals surface area contributed by atoms with Crippen molar-refractivity contribution in [3.63, 3.8) is 0 Å². The lowest BCUT2D eigenvalue weighted by Crippen LogP contribution is -2.38. The fraction of sp³-hybridized carbons (Fsp3) is 0.625. The van der Waals surface area contributed by atoms with Gasteiger partial charge in [-0.3, -0.25) is 0 Å². The topological polar surface area (TPSA) is 18.5 Å². The molecule has 2 nitrogen and oxygen atoms in total. The van der Waals surface area contributed by atoms with Crippen LogP contribution in [0.25, 0.3) is 0 Å². The maximum atomic E-state index is 13.5. The Labute approximate surface area is 131 Å². The van der Waals surface area contributed by atoms with Gasteiger partial charge in [0.2, 0.25) is 0 Å². The van der Waals surface area contributed by atoms with Gasteiger partial charge in [0.05, 0.1) is 0 Å². The minimum atomic E-state index is -2.02. The highest BCUT2D eigenvalue weighted by atomic mass is 28.4. The van der Waals surface area contributed by atoms with E-state index in [1.165, 1.54) is 0 Å². The Bertz CT molecular complexity index is 457. The molecular formula is C16H25F3O2Si. The van der Waals surface area contributed by atoms with Crippen molar-refractivity contribution in [3.05, 3.63) is 35.1 Å². The zero-order valence-electron chi connectivity index (χ0n) is 13.6. The molecule has 0 saturated heterocycles. The molecule has 0 heterocycles. The van der Waals surface area contributed by atoms with Crippen LogP contribution < -0.4 is 0 Å². The normalized spacial score (nSPS) is 11.9. The first-order chi connectivity index (χ1) is 10.5. The van der Waals surface area contributed by atoms with Crippen LogP contribution in [0, 0.1) is 17.5 Å². The van der Waals surface area contributed by atoms with E-state index in [1.807, 2.05) is 0 Å². The Balaban J connectivity index is 2.30. The highest BCUT2D eigenvalue weighted by molar-refractivity contribution is 6.67. The fourth-order valence-electron chi connectivity index (χ4n) is 2.57. The van der Waals surface area contributed by atoms with Crippen molar-refractivity contribution in [1.29, 1.82) is 0 Å². The van der Waals surface area contributed by atoms with Crippen molar-refractivity contribution in [3.8, 4) is 0 Å². The van der Waals surface area contributed by atoms with E-state index in [0.29, 0.717) is 12.5 Å². The van der Waals surface area contributed by atoms with Crippen LogP contribution in [0.4, 0.5) is 13.2 Å². The first kappa shape index (κ1) is 19.2. The maximum Gasteiger partial charge on any atom is 0.337 e. The molecule has 0 saturated carbocycles. The van der Waals surface area contributed by atoms with Crippen molar-refractivity contribution in [1.82, 2.24) is 0 Å². The van der Waals surface area contributed by atoms with Crippen molar-refractivity contribution < 1.29 is 22.0 Å². The summed E-state index contributed by atoms with van der Waals surface area (Å²) in [4.78, 5) is 0. The monoisotopic (exact) mass is 334 g/mol. The van der Waals surface area contributed by atoms with Crippen LogP contribution in [0.3, 0.4) is 0 Å². The predicted molar refractivity (Wildman–Crippen MR) is 83.5 cm³/mol. The summed E-state index contributed by atoms with van der Waals surface area (Å²) in [5.74, 6) is -2.80. The lowest BCUT2D eigenvalue weighted by molar-refractivity contribution is 0.241. The molecule has 1 rings (SSSR count). The Morgan fingerprint density at radius 1 is 0.864 bits per heavy atom. The van der Waals surface area contributed by atoms with Gasteiger partial charge in [-0.1, -0.05) is 26.2 Å². The minimum Gasteiger partial charge on any atom is -0.398 e. The molecule has 22 heavy (non-hydrogen) atoms. The summed E-state index contributed by atoms with van der Waals surface area (Å²) >= 11 is 0. The van der Waals surface area contributed by atoms with E-state index in [9.17, 15) is 13.2 Å². The number of benzene rings is 1. The van der Waals surface area contributed by atoms with E-state index in [4.69, 9.17) is 8.85 Å². The molecule has 0 aliphatic rings. The summed E-state index contributed by atoms with van der Waals surface area (Å²) in [6, 6.07) is 3.43. The average Bonchev–Trinajstić information content (AvgIpc) is 2.52. The molecule has 1 aromatic rings. The summed E-state index contributed by atoms with van der Waals surface area (Å²) in [5, 5.41) is 0. The molecule has 0 bridgehead atoms. The van der Waals surface area contributed by atoms with Gasteiger partial charge in [0.25, 0.3) is 0 Å². The third-order valence-corrected chi connectivity index (χ3v) is 7.81. The molecule has 126 valence electrons. The smallest absolute Gasteiger partial charge is 0.337 e. The highest BCUT2D eigenvalue weighted by Crippen LogP contribution is 2.22. The largest absolute Gasteiger partial charge is 0.398 e. The van der Waals surface area contributed by atoms with E-state index >= 15 is 0 Å². The standard InChI is InChI=1S/C16H25F3O2Si/c1-4-22(20-2,21-3)10-8-6-5-7-9-13-11-15(18)16(19)12-14(13)17/h11-12H,4-10H2,1-3H3. The van der Waals surface area contributed by atoms with Gasteiger partial charge in [-0.15, -0.1) is 0 Å². The second-order valence-corrected chi connectivity index (χ2v) is 9.29. The molecule has 6 heteroatoms. The Morgan fingerprint density at radius 3 is 2.05 bits per heavy atom. The Morgan fingerprint density at radius 2 is 1.45 bits per heavy atom. The lowest BCUT2D eigenvalue weighted by atomic mass is 10.1. The van der Waals surface area contributed by atoms with Crippen molar-refractivity contribution in [2.45, 2.75) is 51.1 Å². The lowest BCUT2D eigenvalue weighted by Gasteiger charge is -2.25. The zero-order valence-corrected chi connectivity index (χ0v) is 14.6. The number of hydrogen-bond acceptors (Lipinski definition) is 2. The van der Waals surface area contributed by atoms with E-state index in [2.05, 4.69) is 6.92 Å². The fourth-order valence-corrected chi connectivity index (χ4v) is 4.87. The SMILES string of the molecule is CC[Si](CCCCCCc1cc(F)c(F)cc1F)(OC)OC. The van der Waals surface area contributed by atoms with Crippen LogP contribution in [0.1, 0.15) is 38.2 Å². The molecule has 0 spiro atoms. The quantitative estimate of drug-likeness (QED) is 0.342. The second-order valence-electron chi connectivity index (χ2n) is 5.44. The molecule has 0 fully saturated rings. The van der Waals surface area contributed by atoms with Crippen molar-refractivity contribution in [2.24, 2.45) is 0 Å². The molecule has 0 amide bonds. The van der Waals surface area contributed by atoms with Gasteiger partial charge in [0.15, 0.2) is 11.6 Å². The highest BCUT2D eigenvalue weighted by Gasteiger charge is 2.32. The second kappa shape index (κ2) is 9.32. The predicted octanol–water partition coefficient (Wildman–Crippen LogP) is 4.96. The average molecular weight is 334 g/mol. The number of halogens is 3. The van der Waals surface area contributed by atoms with Crippen LogP contribution in [0.5, 0.6) is 0 Å². The Hall–Kier alpha value is -0.853. The van der Waals surface area contributed by atoms with Gasteiger partial charge in [-0.25, -0.2) is 13.2 Å². The van der Waals surface area contributed by atoms with Crippen LogP contribution in [-0.4, -0.2) is 22.8 Å². The van der Waals surface area contributed by atoms with Crippen molar-refractivity contribution >= 4 is 8.56 Å². The van der Waals surface area contributed by atoms with Crippen LogP contribution in [0.2, 0.25) is 12.1 Å². The van der Waals surface area contributed by atoms with Crippen LogP contribution in [-0.2, 0) is 15.3 Å². The van der Waals surface area contributed by atoms with E-state index < -0.39 is 26.0 Å². The molecule has 0 N–H and O–H groups in total. The van der Waals surface area contributed by atoms with Gasteiger partial charge in [0.1, 0.15) is 5.82 Å². The third-order valence-electron chi connectivity index (χ3n) is 4.13. The van der Waals surface area contributed by atoms with Gasteiger partial charge in [0, 0.05) is 20.3 Å². The zero-order chi connectivity index (χ0) is 16.6. The molecule has 0 aliphatic heterocycles. The minimum absolute atomic E-state index is 0.241. The number of hydrogen-bond donors (Lipinski definition) is 0. The van der Waals surface area contributed by atoms with E-state index in [1.54, 1.807) is 14.2 Å². The van der Waals surface area contributed by atoms with Crippen LogP contribution in [0.15, 0.2) is 12.1 Å². The molecule has 0 aromatic heterocycles. The number of rotatable bonds is 10. The van der Waals surface area contributed by atoms with Crippen molar-refractivity contribution in [2.75, 3.05) is 14.2 Å². The van der Waals surface area contributed by atoms with Gasteiger partial charge >= 0.3 is 8.56 Å². The first-order valence-electron chi connectivity index (χ1n) is 7.71. The molecule has 1 aromatic carbocycles. The Kier molecular flexibility index (Phi) is 8.13. The van der Waals surface area contributed by atoms with Crippen LogP contribution >= 0.6 is 0 Å². The summed E-state index contributed by atoms with van der Waals surface area (Å²) in [6.45, 7) is 2.07. The summed E-state index contributed by atoms with van der Waals surface area (Å²) < 4.78 is 50.4. The third kappa shape index (κ3) is 5.41. The van der Waals surface area contributed by atoms with E-state index in [-0.39, 0.29) is 5.56 Å². The molecule has 0 unspecified atom stereocenters. The summed E-state index contributed by atoms with van der Waals surface area (Å²) in [7, 11) is 1.38. The van der Waals surface area contributed by atoms with Gasteiger partial charge in [-0.05, 0) is 36.6 Å². The number of unbranched alkanes of at least 4 members (excludes halogenated alkanes) is 3. The van der Waals surface area contributed by atoms with E-state index in [0.717, 1.165) is 43.8 Å². The van der Waals surface area contributed by atoms with Gasteiger partial charge in [-0.2, -0.15) is 0 Å². The number of aryl methyl sites for hydroxylation is 1. The molecule has 0 radical (unpaired) electrons.